The fraction of sp³-hybridized carbons (Fsp3) is 0.600. The Morgan fingerprint density at radius 1 is 1.20 bits per heavy atom. The second kappa shape index (κ2) is 6.79. The van der Waals surface area contributed by atoms with Crippen LogP contribution in [-0.2, 0) is 14.3 Å². The van der Waals surface area contributed by atoms with Crippen molar-refractivity contribution in [2.75, 3.05) is 37.7 Å². The van der Waals surface area contributed by atoms with E-state index in [0.29, 0.717) is 32.0 Å². The predicted molar refractivity (Wildman–Crippen MR) is 95.2 cm³/mol. The van der Waals surface area contributed by atoms with Gasteiger partial charge in [-0.3, -0.25) is 9.59 Å². The van der Waals surface area contributed by atoms with Gasteiger partial charge in [-0.15, -0.1) is 0 Å². The minimum Gasteiger partial charge on any atom is -0.371 e. The van der Waals surface area contributed by atoms with Crippen LogP contribution in [0.2, 0.25) is 0 Å². The van der Waals surface area contributed by atoms with Crippen LogP contribution < -0.4 is 4.90 Å². The number of anilines is 1. The Morgan fingerprint density at radius 2 is 2.00 bits per heavy atom. The Morgan fingerprint density at radius 3 is 2.72 bits per heavy atom. The van der Waals surface area contributed by atoms with Crippen LogP contribution in [0.5, 0.6) is 0 Å². The van der Waals surface area contributed by atoms with Crippen LogP contribution in [0.1, 0.15) is 32.1 Å². The smallest absolute Gasteiger partial charge is 0.252 e. The van der Waals surface area contributed by atoms with E-state index in [1.54, 1.807) is 0 Å². The number of carbonyl (C=O) groups excluding carboxylic acids is 2. The van der Waals surface area contributed by atoms with Gasteiger partial charge in [0.1, 0.15) is 6.61 Å². The lowest BCUT2D eigenvalue weighted by molar-refractivity contribution is -0.132. The first-order valence-electron chi connectivity index (χ1n) is 9.36. The summed E-state index contributed by atoms with van der Waals surface area (Å²) in [6.07, 6.45) is 5.26. The van der Waals surface area contributed by atoms with Crippen LogP contribution in [-0.4, -0.2) is 49.6 Å². The van der Waals surface area contributed by atoms with E-state index in [1.807, 2.05) is 40.1 Å². The first-order chi connectivity index (χ1) is 12.2. The third-order valence-corrected chi connectivity index (χ3v) is 5.98. The lowest BCUT2D eigenvalue weighted by Crippen LogP contribution is -2.43. The lowest BCUT2D eigenvalue weighted by atomic mass is 9.82. The number of benzene rings is 1. The highest BCUT2D eigenvalue weighted by molar-refractivity contribution is 5.94. The molecule has 2 amide bonds. The zero-order chi connectivity index (χ0) is 17.3. The number of ether oxygens (including phenoxy) is 1. The number of para-hydroxylation sites is 1. The monoisotopic (exact) mass is 342 g/mol. The van der Waals surface area contributed by atoms with Crippen molar-refractivity contribution in [3.05, 3.63) is 30.3 Å². The van der Waals surface area contributed by atoms with Crippen molar-refractivity contribution in [3.63, 3.8) is 0 Å². The molecule has 0 bridgehead atoms. The maximum absolute atomic E-state index is 12.6. The molecule has 0 N–H and O–H groups in total. The summed E-state index contributed by atoms with van der Waals surface area (Å²) in [7, 11) is 0. The van der Waals surface area contributed by atoms with E-state index < -0.39 is 0 Å². The van der Waals surface area contributed by atoms with E-state index in [1.165, 1.54) is 19.3 Å². The minimum absolute atomic E-state index is 0.00215. The van der Waals surface area contributed by atoms with Crippen LogP contribution >= 0.6 is 0 Å². The normalized spacial score (nSPS) is 27.4. The zero-order valence-electron chi connectivity index (χ0n) is 14.7. The maximum atomic E-state index is 12.6. The molecule has 0 radical (unpaired) electrons. The molecule has 0 aromatic heterocycles. The first kappa shape index (κ1) is 16.6. The average molecular weight is 342 g/mol. The van der Waals surface area contributed by atoms with E-state index in [9.17, 15) is 9.59 Å². The van der Waals surface area contributed by atoms with Gasteiger partial charge in [-0.2, -0.15) is 0 Å². The van der Waals surface area contributed by atoms with E-state index in [2.05, 4.69) is 0 Å². The summed E-state index contributed by atoms with van der Waals surface area (Å²) in [6, 6.07) is 9.78. The molecular formula is C20H26N2O3. The van der Waals surface area contributed by atoms with Gasteiger partial charge in [0.05, 0.1) is 6.61 Å². The van der Waals surface area contributed by atoms with Gasteiger partial charge in [-0.25, -0.2) is 0 Å². The molecule has 2 aliphatic heterocycles. The van der Waals surface area contributed by atoms with Gasteiger partial charge >= 0.3 is 0 Å². The Labute approximate surface area is 148 Å². The molecule has 5 nitrogen and oxygen atoms in total. The molecule has 2 saturated heterocycles. The second-order valence-corrected chi connectivity index (χ2v) is 7.87. The molecule has 5 heteroatoms. The second-order valence-electron chi connectivity index (χ2n) is 7.87. The average Bonchev–Trinajstić information content (AvgIpc) is 2.93. The number of nitrogens with zero attached hydrogens (tertiary/aromatic N) is 2. The van der Waals surface area contributed by atoms with Crippen molar-refractivity contribution in [1.29, 1.82) is 0 Å². The zero-order valence-corrected chi connectivity index (χ0v) is 14.7. The molecule has 3 fully saturated rings. The largest absolute Gasteiger partial charge is 0.371 e. The Kier molecular flexibility index (Phi) is 4.50. The van der Waals surface area contributed by atoms with Crippen molar-refractivity contribution in [2.24, 2.45) is 11.3 Å². The molecule has 1 aromatic rings. The predicted octanol–water partition coefficient (Wildman–Crippen LogP) is 2.46. The lowest BCUT2D eigenvalue weighted by Gasteiger charge is -2.32. The molecule has 25 heavy (non-hydrogen) atoms. The van der Waals surface area contributed by atoms with Gasteiger partial charge in [-0.05, 0) is 37.3 Å². The van der Waals surface area contributed by atoms with Crippen LogP contribution in [0.3, 0.4) is 0 Å². The number of likely N-dealkylation sites (tertiary alicyclic amines) is 1. The van der Waals surface area contributed by atoms with E-state index in [4.69, 9.17) is 4.74 Å². The number of rotatable bonds is 3. The summed E-state index contributed by atoms with van der Waals surface area (Å²) in [5, 5.41) is 0. The van der Waals surface area contributed by atoms with Crippen LogP contribution in [0.4, 0.5) is 5.69 Å². The maximum Gasteiger partial charge on any atom is 0.252 e. The molecule has 3 aliphatic rings. The standard InChI is InChI=1S/C20H26N2O3/c23-18(11-16-5-4-6-16)21-10-9-20(13-21)14-22(19(24)12-25-15-20)17-7-2-1-3-8-17/h1-3,7-8,16H,4-6,9-15H2. The van der Waals surface area contributed by atoms with Crippen LogP contribution in [0.15, 0.2) is 30.3 Å². The number of amides is 2. The van der Waals surface area contributed by atoms with E-state index in [-0.39, 0.29) is 23.8 Å². The van der Waals surface area contributed by atoms with Gasteiger partial charge in [0.2, 0.25) is 5.91 Å². The number of hydrogen-bond acceptors (Lipinski definition) is 3. The van der Waals surface area contributed by atoms with Crippen molar-refractivity contribution >= 4 is 17.5 Å². The Hall–Kier alpha value is -1.88. The third kappa shape index (κ3) is 3.43. The molecule has 1 unspecified atom stereocenters. The highest BCUT2D eigenvalue weighted by atomic mass is 16.5. The van der Waals surface area contributed by atoms with Gasteiger partial charge in [-0.1, -0.05) is 24.6 Å². The molecule has 1 aliphatic carbocycles. The fourth-order valence-electron chi connectivity index (χ4n) is 4.21. The Balaban J connectivity index is 1.47. The number of hydrogen-bond donors (Lipinski definition) is 0. The summed E-state index contributed by atoms with van der Waals surface area (Å²) in [5.41, 5.74) is 0.772. The Bertz CT molecular complexity index is 644. The number of carbonyl (C=O) groups is 2. The van der Waals surface area contributed by atoms with Crippen molar-refractivity contribution in [2.45, 2.75) is 32.1 Å². The molecule has 2 heterocycles. The summed E-state index contributed by atoms with van der Waals surface area (Å²) in [4.78, 5) is 28.9. The highest BCUT2D eigenvalue weighted by Gasteiger charge is 2.44. The topological polar surface area (TPSA) is 49.9 Å². The molecule has 1 aromatic carbocycles. The van der Waals surface area contributed by atoms with Crippen molar-refractivity contribution in [3.8, 4) is 0 Å². The first-order valence-corrected chi connectivity index (χ1v) is 9.36. The van der Waals surface area contributed by atoms with Gasteiger partial charge < -0.3 is 14.5 Å². The van der Waals surface area contributed by atoms with E-state index in [0.717, 1.165) is 18.7 Å². The van der Waals surface area contributed by atoms with Gasteiger partial charge in [0, 0.05) is 37.2 Å². The summed E-state index contributed by atoms with van der Waals surface area (Å²) in [5.74, 6) is 0.877. The molecule has 4 rings (SSSR count). The summed E-state index contributed by atoms with van der Waals surface area (Å²) >= 11 is 0. The minimum atomic E-state index is -0.142. The highest BCUT2D eigenvalue weighted by Crippen LogP contribution is 2.37. The molecule has 1 saturated carbocycles. The van der Waals surface area contributed by atoms with Crippen molar-refractivity contribution < 1.29 is 14.3 Å². The van der Waals surface area contributed by atoms with E-state index >= 15 is 0 Å². The molecular weight excluding hydrogens is 316 g/mol. The summed E-state index contributed by atoms with van der Waals surface area (Å²) < 4.78 is 5.71. The molecule has 1 atom stereocenters. The van der Waals surface area contributed by atoms with Gasteiger partial charge in [0.15, 0.2) is 0 Å². The van der Waals surface area contributed by atoms with Crippen molar-refractivity contribution in [1.82, 2.24) is 4.90 Å². The van der Waals surface area contributed by atoms with Crippen LogP contribution in [0.25, 0.3) is 0 Å². The quantitative estimate of drug-likeness (QED) is 0.848. The van der Waals surface area contributed by atoms with Crippen LogP contribution in [0, 0.1) is 11.3 Å². The SMILES string of the molecule is O=C(CC1CCC1)N1CCC2(COCC(=O)N(c3ccccc3)C2)C1. The third-order valence-electron chi connectivity index (χ3n) is 5.98. The molecule has 1 spiro atoms. The van der Waals surface area contributed by atoms with Gasteiger partial charge in [0.25, 0.3) is 5.91 Å². The summed E-state index contributed by atoms with van der Waals surface area (Å²) in [6.45, 7) is 2.78. The fourth-order valence-corrected chi connectivity index (χ4v) is 4.21. The molecule has 134 valence electrons.